The summed E-state index contributed by atoms with van der Waals surface area (Å²) in [5, 5.41) is 0.747. The summed E-state index contributed by atoms with van der Waals surface area (Å²) in [7, 11) is 3.73. The van der Waals surface area contributed by atoms with Gasteiger partial charge in [0.1, 0.15) is 22.7 Å². The number of carbonyl (C=O) groups is 1. The number of furan rings is 1. The Hall–Kier alpha value is -1.47. The third-order valence-electron chi connectivity index (χ3n) is 4.41. The molecular formula is C18H26Cl2N2O4. The fourth-order valence-electron chi connectivity index (χ4n) is 3.00. The van der Waals surface area contributed by atoms with E-state index in [1.807, 2.05) is 18.2 Å². The van der Waals surface area contributed by atoms with Crippen molar-refractivity contribution in [2.24, 2.45) is 0 Å². The molecule has 1 aromatic heterocycles. The van der Waals surface area contributed by atoms with Crippen LogP contribution in [0.4, 0.5) is 0 Å². The maximum absolute atomic E-state index is 12.5. The van der Waals surface area contributed by atoms with Crippen molar-refractivity contribution in [1.29, 1.82) is 0 Å². The van der Waals surface area contributed by atoms with Gasteiger partial charge in [-0.05, 0) is 32.2 Å². The minimum atomic E-state index is -0.339. The number of methoxy groups -OCH3 is 1. The van der Waals surface area contributed by atoms with Crippen molar-refractivity contribution in [1.82, 2.24) is 9.80 Å². The number of hydrogen-bond acceptors (Lipinski definition) is 6. The molecule has 1 saturated heterocycles. The molecule has 0 aliphatic carbocycles. The van der Waals surface area contributed by atoms with E-state index in [4.69, 9.17) is 13.9 Å². The maximum Gasteiger partial charge on any atom is 0.342 e. The molecule has 1 fully saturated rings. The van der Waals surface area contributed by atoms with Gasteiger partial charge in [0.25, 0.3) is 0 Å². The molecule has 0 unspecified atom stereocenters. The first kappa shape index (κ1) is 22.6. The quantitative estimate of drug-likeness (QED) is 0.713. The number of esters is 1. The molecule has 0 amide bonds. The van der Waals surface area contributed by atoms with E-state index in [1.54, 1.807) is 14.0 Å². The van der Waals surface area contributed by atoms with E-state index in [9.17, 15) is 4.79 Å². The third kappa shape index (κ3) is 4.82. The minimum absolute atomic E-state index is 0. The normalized spacial score (nSPS) is 15.2. The lowest BCUT2D eigenvalue weighted by atomic mass is 10.1. The number of hydrogen-bond donors (Lipinski definition) is 0. The zero-order valence-electron chi connectivity index (χ0n) is 15.3. The number of benzene rings is 1. The van der Waals surface area contributed by atoms with Gasteiger partial charge in [0, 0.05) is 31.6 Å². The predicted octanol–water partition coefficient (Wildman–Crippen LogP) is 3.21. The fourth-order valence-corrected chi connectivity index (χ4v) is 3.00. The zero-order valence-corrected chi connectivity index (χ0v) is 17.0. The predicted molar refractivity (Wildman–Crippen MR) is 106 cm³/mol. The fraction of sp³-hybridized carbons (Fsp3) is 0.500. The van der Waals surface area contributed by atoms with E-state index >= 15 is 0 Å². The van der Waals surface area contributed by atoms with Crippen LogP contribution in [0.15, 0.2) is 22.6 Å². The Labute approximate surface area is 166 Å². The maximum atomic E-state index is 12.5. The van der Waals surface area contributed by atoms with E-state index in [2.05, 4.69) is 16.8 Å². The van der Waals surface area contributed by atoms with Crippen molar-refractivity contribution in [3.05, 3.63) is 29.5 Å². The van der Waals surface area contributed by atoms with Crippen molar-refractivity contribution in [2.75, 3.05) is 46.9 Å². The molecule has 0 atom stereocenters. The largest absolute Gasteiger partial charge is 0.497 e. The van der Waals surface area contributed by atoms with Crippen LogP contribution >= 0.6 is 24.8 Å². The summed E-state index contributed by atoms with van der Waals surface area (Å²) in [5.74, 6) is 1.02. The van der Waals surface area contributed by atoms with Crippen LogP contribution in [0, 0.1) is 0 Å². The number of fused-ring (bicyclic) bond motifs is 1. The van der Waals surface area contributed by atoms with Gasteiger partial charge in [0.05, 0.1) is 20.3 Å². The van der Waals surface area contributed by atoms with Crippen LogP contribution in [0.3, 0.4) is 0 Å². The molecule has 8 heteroatoms. The molecule has 6 nitrogen and oxygen atoms in total. The monoisotopic (exact) mass is 404 g/mol. The zero-order chi connectivity index (χ0) is 17.1. The van der Waals surface area contributed by atoms with E-state index in [0.717, 1.165) is 31.6 Å². The first-order chi connectivity index (χ1) is 11.6. The van der Waals surface area contributed by atoms with Crippen molar-refractivity contribution in [3.8, 4) is 5.75 Å². The molecule has 0 saturated carbocycles. The highest BCUT2D eigenvalue weighted by Gasteiger charge is 2.25. The Balaban J connectivity index is 0.00000169. The highest BCUT2D eigenvalue weighted by Crippen LogP contribution is 2.31. The lowest BCUT2D eigenvalue weighted by molar-refractivity contribution is 0.0522. The van der Waals surface area contributed by atoms with Gasteiger partial charge >= 0.3 is 5.97 Å². The molecule has 1 aliphatic heterocycles. The first-order valence-corrected chi connectivity index (χ1v) is 8.29. The SMILES string of the molecule is CCOC(=O)c1c(CN2CCN(C)CC2)oc2ccc(OC)cc12.Cl.Cl. The van der Waals surface area contributed by atoms with Crippen molar-refractivity contribution < 1.29 is 18.7 Å². The van der Waals surface area contributed by atoms with Crippen LogP contribution < -0.4 is 4.74 Å². The third-order valence-corrected chi connectivity index (χ3v) is 4.41. The smallest absolute Gasteiger partial charge is 0.342 e. The number of ether oxygens (including phenoxy) is 2. The Bertz CT molecular complexity index is 727. The molecule has 0 radical (unpaired) electrons. The van der Waals surface area contributed by atoms with Gasteiger partial charge < -0.3 is 18.8 Å². The van der Waals surface area contributed by atoms with Crippen LogP contribution in [0.2, 0.25) is 0 Å². The van der Waals surface area contributed by atoms with Crippen LogP contribution in [-0.4, -0.2) is 62.7 Å². The summed E-state index contributed by atoms with van der Waals surface area (Å²) in [4.78, 5) is 17.1. The summed E-state index contributed by atoms with van der Waals surface area (Å²) in [6.07, 6.45) is 0. The Kier molecular flexibility index (Phi) is 8.70. The molecule has 2 heterocycles. The molecule has 0 N–H and O–H groups in total. The van der Waals surface area contributed by atoms with Crippen molar-refractivity contribution in [3.63, 3.8) is 0 Å². The highest BCUT2D eigenvalue weighted by molar-refractivity contribution is 6.05. The number of piperazine rings is 1. The van der Waals surface area contributed by atoms with E-state index < -0.39 is 0 Å². The van der Waals surface area contributed by atoms with Gasteiger partial charge in [-0.25, -0.2) is 4.79 Å². The summed E-state index contributed by atoms with van der Waals surface area (Å²) < 4.78 is 16.5. The molecule has 1 aromatic carbocycles. The molecule has 0 bridgehead atoms. The molecule has 0 spiro atoms. The summed E-state index contributed by atoms with van der Waals surface area (Å²) in [5.41, 5.74) is 1.20. The summed E-state index contributed by atoms with van der Waals surface area (Å²) in [6, 6.07) is 5.50. The molecular weight excluding hydrogens is 379 g/mol. The lowest BCUT2D eigenvalue weighted by Gasteiger charge is -2.31. The van der Waals surface area contributed by atoms with Crippen LogP contribution in [0.5, 0.6) is 5.75 Å². The second-order valence-corrected chi connectivity index (χ2v) is 6.06. The summed E-state index contributed by atoms with van der Waals surface area (Å²) in [6.45, 7) is 6.70. The average molecular weight is 405 g/mol. The molecule has 2 aromatic rings. The number of halogens is 2. The number of rotatable bonds is 5. The lowest BCUT2D eigenvalue weighted by Crippen LogP contribution is -2.44. The van der Waals surface area contributed by atoms with Crippen LogP contribution in [-0.2, 0) is 11.3 Å². The number of nitrogens with zero attached hydrogens (tertiary/aromatic N) is 2. The van der Waals surface area contributed by atoms with Gasteiger partial charge in [-0.3, -0.25) is 4.90 Å². The Morgan fingerprint density at radius 2 is 1.88 bits per heavy atom. The molecule has 146 valence electrons. The second kappa shape index (κ2) is 10.0. The van der Waals surface area contributed by atoms with Crippen molar-refractivity contribution in [2.45, 2.75) is 13.5 Å². The number of likely N-dealkylation sites (N-methyl/N-ethyl adjacent to an activating group) is 1. The first-order valence-electron chi connectivity index (χ1n) is 8.29. The number of carbonyl (C=O) groups excluding carboxylic acids is 1. The molecule has 3 rings (SSSR count). The van der Waals surface area contributed by atoms with Crippen LogP contribution in [0.1, 0.15) is 23.0 Å². The Morgan fingerprint density at radius 3 is 2.50 bits per heavy atom. The minimum Gasteiger partial charge on any atom is -0.497 e. The van der Waals surface area contributed by atoms with Crippen molar-refractivity contribution >= 4 is 41.8 Å². The van der Waals surface area contributed by atoms with E-state index in [0.29, 0.717) is 35.8 Å². The van der Waals surface area contributed by atoms with Gasteiger partial charge in [0.2, 0.25) is 0 Å². The standard InChI is InChI=1S/C18H24N2O4.2ClH/c1-4-23-18(21)17-14-11-13(22-3)5-6-15(14)24-16(17)12-20-9-7-19(2)8-10-20;;/h5-6,11H,4,7-10,12H2,1-3H3;2*1H. The van der Waals surface area contributed by atoms with Gasteiger partial charge in [-0.1, -0.05) is 0 Å². The van der Waals surface area contributed by atoms with Crippen LogP contribution in [0.25, 0.3) is 11.0 Å². The average Bonchev–Trinajstić information content (AvgIpc) is 2.94. The topological polar surface area (TPSA) is 55.2 Å². The molecule has 1 aliphatic rings. The molecule has 26 heavy (non-hydrogen) atoms. The second-order valence-electron chi connectivity index (χ2n) is 6.06. The summed E-state index contributed by atoms with van der Waals surface area (Å²) >= 11 is 0. The van der Waals surface area contributed by atoms with E-state index in [-0.39, 0.29) is 30.8 Å². The van der Waals surface area contributed by atoms with Gasteiger partial charge in [-0.15, -0.1) is 24.8 Å². The van der Waals surface area contributed by atoms with E-state index in [1.165, 1.54) is 0 Å². The Morgan fingerprint density at radius 1 is 1.19 bits per heavy atom. The highest BCUT2D eigenvalue weighted by atomic mass is 35.5. The van der Waals surface area contributed by atoms with Gasteiger partial charge in [0.15, 0.2) is 0 Å². The van der Waals surface area contributed by atoms with Gasteiger partial charge in [-0.2, -0.15) is 0 Å².